The van der Waals surface area contributed by atoms with Crippen molar-refractivity contribution in [3.63, 3.8) is 0 Å². The van der Waals surface area contributed by atoms with Gasteiger partial charge in [-0.25, -0.2) is 4.39 Å². The molecule has 14 heteroatoms. The summed E-state index contributed by atoms with van der Waals surface area (Å²) in [4.78, 5) is 12.9. The van der Waals surface area contributed by atoms with E-state index in [9.17, 15) is 23.5 Å². The van der Waals surface area contributed by atoms with E-state index in [0.717, 1.165) is 31.9 Å². The Labute approximate surface area is 262 Å². The van der Waals surface area contributed by atoms with Crippen LogP contribution in [0.2, 0.25) is 0 Å². The summed E-state index contributed by atoms with van der Waals surface area (Å²) in [5.41, 5.74) is 3.43. The van der Waals surface area contributed by atoms with Crippen molar-refractivity contribution >= 4 is 33.3 Å². The molecule has 0 saturated carbocycles. The van der Waals surface area contributed by atoms with Crippen molar-refractivity contribution < 1.29 is 27.4 Å². The number of halogens is 4. The number of piperazine rings is 1. The van der Waals surface area contributed by atoms with Gasteiger partial charge < -0.3 is 30.4 Å². The smallest absolute Gasteiger partial charge is 0.417 e. The Balaban J connectivity index is 1.47. The Bertz CT molecular complexity index is 1890. The fourth-order valence-electron chi connectivity index (χ4n) is 7.47. The number of aliphatic hydroxyl groups excluding tert-OH is 1. The van der Waals surface area contributed by atoms with Crippen molar-refractivity contribution in [2.75, 3.05) is 50.5 Å². The van der Waals surface area contributed by atoms with Crippen LogP contribution >= 0.6 is 0 Å². The van der Waals surface area contributed by atoms with Crippen molar-refractivity contribution in [3.8, 4) is 23.2 Å². The second-order valence-corrected chi connectivity index (χ2v) is 12.8. The first-order chi connectivity index (χ1) is 21.9. The number of ether oxygens (including phenoxy) is 1. The second-order valence-electron chi connectivity index (χ2n) is 12.8. The van der Waals surface area contributed by atoms with E-state index in [1.807, 2.05) is 22.9 Å². The molecule has 3 saturated heterocycles. The van der Waals surface area contributed by atoms with Crippen molar-refractivity contribution in [1.82, 2.24) is 24.8 Å². The number of nitrogens with zero attached hydrogens (tertiary/aromatic N) is 6. The summed E-state index contributed by atoms with van der Waals surface area (Å²) >= 11 is 0. The van der Waals surface area contributed by atoms with E-state index >= 15 is 4.39 Å². The highest BCUT2D eigenvalue weighted by atomic mass is 19.4. The fraction of sp³-hybridized carbons (Fsp3) is 0.469. The van der Waals surface area contributed by atoms with Gasteiger partial charge in [-0.1, -0.05) is 0 Å². The number of likely N-dealkylation sites (tertiary alicyclic amines) is 1. The van der Waals surface area contributed by atoms with Crippen molar-refractivity contribution in [1.29, 1.82) is 5.26 Å². The van der Waals surface area contributed by atoms with E-state index < -0.39 is 28.7 Å². The molecular weight excluding hydrogens is 604 g/mol. The molecule has 2 bridgehead atoms. The van der Waals surface area contributed by atoms with E-state index in [-0.39, 0.29) is 70.2 Å². The molecule has 4 N–H and O–H groups in total. The van der Waals surface area contributed by atoms with Gasteiger partial charge in [-0.15, -0.1) is 0 Å². The minimum absolute atomic E-state index is 0.0149. The molecule has 3 fully saturated rings. The molecule has 2 aromatic carbocycles. The highest BCUT2D eigenvalue weighted by Gasteiger charge is 2.41. The largest absolute Gasteiger partial charge is 0.461 e. The number of rotatable bonds is 6. The number of benzene rings is 2. The highest BCUT2D eigenvalue weighted by Crippen LogP contribution is 2.46. The Morgan fingerprint density at radius 2 is 1.93 bits per heavy atom. The molecular formula is C32H34F4N8O2. The van der Waals surface area contributed by atoms with Crippen molar-refractivity contribution in [2.45, 2.75) is 49.5 Å². The summed E-state index contributed by atoms with van der Waals surface area (Å²) in [5.74, 6) is -1.04. The van der Waals surface area contributed by atoms with Gasteiger partial charge in [-0.2, -0.15) is 28.4 Å². The van der Waals surface area contributed by atoms with Gasteiger partial charge in [0.25, 0.3) is 0 Å². The zero-order chi connectivity index (χ0) is 32.5. The van der Waals surface area contributed by atoms with Crippen LogP contribution in [-0.4, -0.2) is 82.1 Å². The predicted molar refractivity (Wildman–Crippen MR) is 165 cm³/mol. The second kappa shape index (κ2) is 11.0. The van der Waals surface area contributed by atoms with Crippen LogP contribution in [0.4, 0.5) is 29.1 Å². The number of anilines is 2. The van der Waals surface area contributed by atoms with Gasteiger partial charge >= 0.3 is 12.2 Å². The molecule has 46 heavy (non-hydrogen) atoms. The molecule has 10 nitrogen and oxygen atoms in total. The van der Waals surface area contributed by atoms with E-state index in [4.69, 9.17) is 10.5 Å². The van der Waals surface area contributed by atoms with Crippen molar-refractivity contribution in [3.05, 3.63) is 41.3 Å². The maximum absolute atomic E-state index is 17.0. The number of nitriles is 1. The molecule has 0 aliphatic carbocycles. The maximum atomic E-state index is 17.0. The van der Waals surface area contributed by atoms with Crippen LogP contribution < -0.4 is 20.7 Å². The monoisotopic (exact) mass is 638 g/mol. The van der Waals surface area contributed by atoms with E-state index in [1.54, 1.807) is 13.1 Å². The topological polar surface area (TPSA) is 128 Å². The number of alkyl halides is 3. The highest BCUT2D eigenvalue weighted by molar-refractivity contribution is 6.05. The standard InChI is InChI=1S/C32H34F4N8O2/c1-42-14-21(25-20(11-37)23(38)6-7-24(25)42)26-22(32(34,35)36)10-19-28(27(26)33)40-30(46-16-31(15-45)8-3-9-43(31)2)41-29(19)44-12-17-4-5-18(13-44)39-17/h6-7,10,14,17-18,39,45H,3-5,8-9,12-13,15-16,38H2,1-2H3/t17?,18?,31-/m1/s1. The van der Waals surface area contributed by atoms with Crippen LogP contribution in [0.15, 0.2) is 24.4 Å². The Hall–Kier alpha value is -4.19. The first-order valence-electron chi connectivity index (χ1n) is 15.3. The van der Waals surface area contributed by atoms with Crippen LogP contribution in [0.5, 0.6) is 6.01 Å². The van der Waals surface area contributed by atoms with E-state index in [0.29, 0.717) is 25.0 Å². The molecule has 0 amide bonds. The predicted octanol–water partition coefficient (Wildman–Crippen LogP) is 4.18. The number of hydrogen-bond donors (Lipinski definition) is 3. The molecule has 242 valence electrons. The van der Waals surface area contributed by atoms with E-state index in [2.05, 4.69) is 15.3 Å². The summed E-state index contributed by atoms with van der Waals surface area (Å²) in [6.45, 7) is 1.55. The zero-order valence-electron chi connectivity index (χ0n) is 25.5. The quantitative estimate of drug-likeness (QED) is 0.211. The molecule has 0 spiro atoms. The number of aromatic nitrogens is 3. The SMILES string of the molecule is CN1CCC[C@@]1(CO)COc1nc(N2CC3CCC(C2)N3)c2cc(C(F)(F)F)c(-c3cn(C)c4ccc(N)c(C#N)c34)c(F)c2n1. The summed E-state index contributed by atoms with van der Waals surface area (Å²) in [7, 11) is 3.49. The number of aryl methyl sites for hydroxylation is 1. The van der Waals surface area contributed by atoms with Gasteiger partial charge in [0.15, 0.2) is 5.82 Å². The minimum atomic E-state index is -4.96. The normalized spacial score (nSPS) is 23.5. The number of nitrogens with two attached hydrogens (primary N) is 1. The third kappa shape index (κ3) is 4.80. The van der Waals surface area contributed by atoms with E-state index in [1.165, 1.54) is 16.8 Å². The number of nitrogen functional groups attached to an aromatic ring is 1. The lowest BCUT2D eigenvalue weighted by molar-refractivity contribution is -0.137. The first kappa shape index (κ1) is 30.5. The van der Waals surface area contributed by atoms with Crippen LogP contribution in [0.25, 0.3) is 32.9 Å². The van der Waals surface area contributed by atoms with Gasteiger partial charge in [0, 0.05) is 65.8 Å². The van der Waals surface area contributed by atoms with Crippen LogP contribution in [-0.2, 0) is 13.2 Å². The maximum Gasteiger partial charge on any atom is 0.417 e. The molecule has 2 unspecified atom stereocenters. The average Bonchev–Trinajstić information content (AvgIpc) is 3.68. The molecule has 2 aromatic heterocycles. The summed E-state index contributed by atoms with van der Waals surface area (Å²) in [6, 6.07) is 6.03. The van der Waals surface area contributed by atoms with Crippen LogP contribution in [0.3, 0.4) is 0 Å². The molecule has 5 heterocycles. The Morgan fingerprint density at radius 1 is 1.20 bits per heavy atom. The molecule has 3 aliphatic heterocycles. The van der Waals surface area contributed by atoms with Crippen LogP contribution in [0, 0.1) is 17.1 Å². The molecule has 3 atom stereocenters. The number of nitrogens with one attached hydrogen (secondary N) is 1. The fourth-order valence-corrected chi connectivity index (χ4v) is 7.47. The summed E-state index contributed by atoms with van der Waals surface area (Å²) in [5, 5.41) is 23.7. The summed E-state index contributed by atoms with van der Waals surface area (Å²) in [6.07, 6.45) is -0.242. The lowest BCUT2D eigenvalue weighted by Gasteiger charge is -2.35. The number of aliphatic hydroxyl groups is 1. The van der Waals surface area contributed by atoms with Crippen LogP contribution in [0.1, 0.15) is 36.8 Å². The molecule has 7 rings (SSSR count). The third-order valence-corrected chi connectivity index (χ3v) is 9.99. The lowest BCUT2D eigenvalue weighted by atomic mass is 9.93. The molecule has 3 aliphatic rings. The van der Waals surface area contributed by atoms with Gasteiger partial charge in [-0.05, 0) is 57.5 Å². The average molecular weight is 639 g/mol. The molecule has 0 radical (unpaired) electrons. The van der Waals surface area contributed by atoms with Crippen molar-refractivity contribution in [2.24, 2.45) is 7.05 Å². The number of fused-ring (bicyclic) bond motifs is 4. The Kier molecular flexibility index (Phi) is 7.26. The number of likely N-dealkylation sites (N-methyl/N-ethyl adjacent to an activating group) is 1. The van der Waals surface area contributed by atoms with Gasteiger partial charge in [0.2, 0.25) is 0 Å². The third-order valence-electron chi connectivity index (χ3n) is 9.99. The summed E-state index contributed by atoms with van der Waals surface area (Å²) < 4.78 is 69.4. The lowest BCUT2D eigenvalue weighted by Crippen LogP contribution is -2.51. The molecule has 4 aromatic rings. The van der Waals surface area contributed by atoms with Gasteiger partial charge in [0.1, 0.15) is 24.0 Å². The van der Waals surface area contributed by atoms with Gasteiger partial charge in [-0.3, -0.25) is 4.90 Å². The first-order valence-corrected chi connectivity index (χ1v) is 15.3. The zero-order valence-corrected chi connectivity index (χ0v) is 25.5. The number of hydrogen-bond acceptors (Lipinski definition) is 9. The Morgan fingerprint density at radius 3 is 2.57 bits per heavy atom. The minimum Gasteiger partial charge on any atom is -0.461 e. The van der Waals surface area contributed by atoms with Gasteiger partial charge in [0.05, 0.1) is 29.0 Å².